The molecule has 4 N–H and O–H groups in total. The van der Waals surface area contributed by atoms with Gasteiger partial charge in [0.05, 0.1) is 0 Å². The summed E-state index contributed by atoms with van der Waals surface area (Å²) in [5, 5.41) is 38.3. The highest BCUT2D eigenvalue weighted by atomic mass is 35.5. The highest BCUT2D eigenvalue weighted by Crippen LogP contribution is 2.35. The van der Waals surface area contributed by atoms with Gasteiger partial charge in [-0.05, 0) is 77.5 Å². The van der Waals surface area contributed by atoms with Crippen LogP contribution in [0.15, 0.2) is 72.8 Å². The molecule has 0 spiro atoms. The summed E-state index contributed by atoms with van der Waals surface area (Å²) >= 11 is 6.16. The van der Waals surface area contributed by atoms with Gasteiger partial charge in [0.25, 0.3) is 0 Å². The Kier molecular flexibility index (Phi) is 10.6. The number of halogens is 1. The highest BCUT2D eigenvalue weighted by Gasteiger charge is 2.19. The molecule has 0 fully saturated rings. The third kappa shape index (κ3) is 6.91. The van der Waals surface area contributed by atoms with Gasteiger partial charge in [0.2, 0.25) is 0 Å². The van der Waals surface area contributed by atoms with Gasteiger partial charge >= 0.3 is 0 Å². The average molecular weight is 483 g/mol. The standard InChI is InChI=1S/C29H35ClO4/c30-28-11-9-27(10-12-28)29(25-5-1-21(2-6-25)23(13-17-31)14-18-32)26-7-3-22(4-8-26)24(15-19-33)16-20-34/h1-12,23-24,29,31-34H,13-20H2. The molecule has 4 nitrogen and oxygen atoms in total. The van der Waals surface area contributed by atoms with Crippen LogP contribution in [0, 0.1) is 0 Å². The van der Waals surface area contributed by atoms with Gasteiger partial charge in [0.1, 0.15) is 0 Å². The Hall–Kier alpha value is -2.21. The molecule has 0 unspecified atom stereocenters. The number of aliphatic hydroxyl groups excluding tert-OH is 4. The molecule has 0 amide bonds. The van der Waals surface area contributed by atoms with E-state index < -0.39 is 0 Å². The van der Waals surface area contributed by atoms with Crippen molar-refractivity contribution in [3.8, 4) is 0 Å². The lowest BCUT2D eigenvalue weighted by atomic mass is 9.82. The van der Waals surface area contributed by atoms with E-state index in [1.807, 2.05) is 12.1 Å². The summed E-state index contributed by atoms with van der Waals surface area (Å²) in [6.07, 6.45) is 2.52. The van der Waals surface area contributed by atoms with E-state index in [-0.39, 0.29) is 44.2 Å². The van der Waals surface area contributed by atoms with E-state index in [4.69, 9.17) is 11.6 Å². The summed E-state index contributed by atoms with van der Waals surface area (Å²) in [4.78, 5) is 0. The van der Waals surface area contributed by atoms with E-state index in [2.05, 4.69) is 60.7 Å². The van der Waals surface area contributed by atoms with Crippen molar-refractivity contribution in [2.24, 2.45) is 0 Å². The summed E-state index contributed by atoms with van der Waals surface area (Å²) < 4.78 is 0. The Morgan fingerprint density at radius 3 is 1.00 bits per heavy atom. The first-order chi connectivity index (χ1) is 16.6. The van der Waals surface area contributed by atoms with Gasteiger partial charge in [-0.3, -0.25) is 0 Å². The van der Waals surface area contributed by atoms with Crippen LogP contribution in [-0.4, -0.2) is 46.9 Å². The van der Waals surface area contributed by atoms with Gasteiger partial charge in [0, 0.05) is 37.4 Å². The largest absolute Gasteiger partial charge is 0.396 e. The van der Waals surface area contributed by atoms with E-state index in [9.17, 15) is 20.4 Å². The molecule has 0 aliphatic carbocycles. The third-order valence-corrected chi connectivity index (χ3v) is 6.85. The third-order valence-electron chi connectivity index (χ3n) is 6.60. The number of rotatable bonds is 13. The first kappa shape index (κ1) is 26.4. The lowest BCUT2D eigenvalue weighted by molar-refractivity contribution is 0.241. The van der Waals surface area contributed by atoms with Crippen LogP contribution in [0.4, 0.5) is 0 Å². The zero-order valence-corrected chi connectivity index (χ0v) is 20.2. The maximum Gasteiger partial charge on any atom is 0.0436 e. The van der Waals surface area contributed by atoms with Crippen LogP contribution in [0.5, 0.6) is 0 Å². The summed E-state index contributed by atoms with van der Waals surface area (Å²) in [6.45, 7) is 0.388. The average Bonchev–Trinajstić information content (AvgIpc) is 2.86. The summed E-state index contributed by atoms with van der Waals surface area (Å²) in [7, 11) is 0. The fourth-order valence-corrected chi connectivity index (χ4v) is 4.86. The van der Waals surface area contributed by atoms with Crippen molar-refractivity contribution >= 4 is 11.6 Å². The molecular weight excluding hydrogens is 448 g/mol. The van der Waals surface area contributed by atoms with Crippen molar-refractivity contribution in [1.29, 1.82) is 0 Å². The molecule has 0 aromatic heterocycles. The minimum Gasteiger partial charge on any atom is -0.396 e. The van der Waals surface area contributed by atoms with Crippen molar-refractivity contribution in [3.05, 3.63) is 106 Å². The minimum atomic E-state index is 0.0173. The Morgan fingerprint density at radius 2 is 0.706 bits per heavy atom. The Balaban J connectivity index is 1.96. The van der Waals surface area contributed by atoms with Crippen molar-refractivity contribution in [2.75, 3.05) is 26.4 Å². The Morgan fingerprint density at radius 1 is 0.441 bits per heavy atom. The zero-order chi connectivity index (χ0) is 24.3. The predicted octanol–water partition coefficient (Wildman–Crippen LogP) is 5.22. The molecule has 0 saturated carbocycles. The van der Waals surface area contributed by atoms with Gasteiger partial charge in [0.15, 0.2) is 0 Å². The molecule has 34 heavy (non-hydrogen) atoms. The maximum atomic E-state index is 9.40. The SMILES string of the molecule is OCCC(CCO)c1ccc(C(c2ccc(Cl)cc2)c2ccc(C(CCO)CCO)cc2)cc1. The minimum absolute atomic E-state index is 0.0173. The van der Waals surface area contributed by atoms with Crippen LogP contribution < -0.4 is 0 Å². The molecule has 5 heteroatoms. The Labute approximate surface area is 207 Å². The smallest absolute Gasteiger partial charge is 0.0436 e. The summed E-state index contributed by atoms with van der Waals surface area (Å²) in [5.41, 5.74) is 5.66. The van der Waals surface area contributed by atoms with Crippen LogP contribution in [0.3, 0.4) is 0 Å². The second-order valence-corrected chi connectivity index (χ2v) is 9.20. The number of benzene rings is 3. The van der Waals surface area contributed by atoms with E-state index in [0.717, 1.165) is 27.8 Å². The van der Waals surface area contributed by atoms with E-state index in [1.165, 1.54) is 0 Å². The van der Waals surface area contributed by atoms with Crippen molar-refractivity contribution in [2.45, 2.75) is 43.4 Å². The highest BCUT2D eigenvalue weighted by molar-refractivity contribution is 6.30. The van der Waals surface area contributed by atoms with E-state index in [0.29, 0.717) is 30.7 Å². The van der Waals surface area contributed by atoms with E-state index >= 15 is 0 Å². The van der Waals surface area contributed by atoms with Gasteiger partial charge in [-0.1, -0.05) is 72.3 Å². The van der Waals surface area contributed by atoms with Crippen LogP contribution in [0.2, 0.25) is 5.02 Å². The second kappa shape index (κ2) is 13.6. The fraction of sp³-hybridized carbons (Fsp3) is 0.379. The molecule has 3 aromatic carbocycles. The molecule has 0 heterocycles. The summed E-state index contributed by atoms with van der Waals surface area (Å²) in [5.74, 6) is 0.281. The molecule has 0 saturated heterocycles. The second-order valence-electron chi connectivity index (χ2n) is 8.76. The van der Waals surface area contributed by atoms with Gasteiger partial charge < -0.3 is 20.4 Å². The predicted molar refractivity (Wildman–Crippen MR) is 138 cm³/mol. The molecule has 0 aliphatic rings. The number of hydrogen-bond donors (Lipinski definition) is 4. The normalized spacial score (nSPS) is 11.6. The van der Waals surface area contributed by atoms with Crippen molar-refractivity contribution < 1.29 is 20.4 Å². The molecule has 182 valence electrons. The lowest BCUT2D eigenvalue weighted by Crippen LogP contribution is -2.07. The molecule has 0 radical (unpaired) electrons. The number of aliphatic hydroxyl groups is 4. The molecule has 0 aliphatic heterocycles. The number of hydrogen-bond acceptors (Lipinski definition) is 4. The van der Waals surface area contributed by atoms with Crippen molar-refractivity contribution in [3.63, 3.8) is 0 Å². The first-order valence-corrected chi connectivity index (χ1v) is 12.4. The van der Waals surface area contributed by atoms with Crippen LogP contribution in [0.25, 0.3) is 0 Å². The quantitative estimate of drug-likeness (QED) is 0.252. The monoisotopic (exact) mass is 482 g/mol. The van der Waals surface area contributed by atoms with Crippen LogP contribution in [0.1, 0.15) is 71.3 Å². The van der Waals surface area contributed by atoms with Gasteiger partial charge in [-0.25, -0.2) is 0 Å². The van der Waals surface area contributed by atoms with Gasteiger partial charge in [-0.15, -0.1) is 0 Å². The molecule has 0 atom stereocenters. The molecule has 3 aromatic rings. The fourth-order valence-electron chi connectivity index (χ4n) is 4.73. The molecule has 3 rings (SSSR count). The van der Waals surface area contributed by atoms with Crippen LogP contribution in [-0.2, 0) is 0 Å². The first-order valence-electron chi connectivity index (χ1n) is 12.0. The maximum absolute atomic E-state index is 9.40. The topological polar surface area (TPSA) is 80.9 Å². The van der Waals surface area contributed by atoms with E-state index in [1.54, 1.807) is 0 Å². The van der Waals surface area contributed by atoms with Crippen LogP contribution >= 0.6 is 11.6 Å². The molecule has 0 bridgehead atoms. The zero-order valence-electron chi connectivity index (χ0n) is 19.5. The lowest BCUT2D eigenvalue weighted by Gasteiger charge is -2.22. The summed E-state index contributed by atoms with van der Waals surface area (Å²) in [6, 6.07) is 24.8. The molecular formula is C29H35ClO4. The Bertz CT molecular complexity index is 899. The van der Waals surface area contributed by atoms with Crippen molar-refractivity contribution in [1.82, 2.24) is 0 Å². The van der Waals surface area contributed by atoms with Gasteiger partial charge in [-0.2, -0.15) is 0 Å².